The molecular formula is C12H16O2. The van der Waals surface area contributed by atoms with Gasteiger partial charge in [0.2, 0.25) is 0 Å². The van der Waals surface area contributed by atoms with Crippen molar-refractivity contribution < 1.29 is 9.53 Å². The summed E-state index contributed by atoms with van der Waals surface area (Å²) >= 11 is 0. The number of benzene rings is 1. The molecule has 0 aliphatic heterocycles. The fraction of sp³-hybridized carbons (Fsp3) is 0.417. The molecule has 14 heavy (non-hydrogen) atoms. The number of aldehydes is 1. The van der Waals surface area contributed by atoms with Gasteiger partial charge in [0.1, 0.15) is 5.60 Å². The lowest BCUT2D eigenvalue weighted by atomic mass is 9.97. The Labute approximate surface area is 84.9 Å². The summed E-state index contributed by atoms with van der Waals surface area (Å²) in [6.45, 7) is 3.83. The maximum atomic E-state index is 10.8. The van der Waals surface area contributed by atoms with Crippen molar-refractivity contribution >= 4 is 6.29 Å². The van der Waals surface area contributed by atoms with Crippen LogP contribution in [0.4, 0.5) is 0 Å². The van der Waals surface area contributed by atoms with Gasteiger partial charge in [0.05, 0.1) is 0 Å². The predicted molar refractivity (Wildman–Crippen MR) is 56.4 cm³/mol. The maximum absolute atomic E-state index is 10.8. The Morgan fingerprint density at radius 3 is 2.71 bits per heavy atom. The second kappa shape index (κ2) is 4.38. The first kappa shape index (κ1) is 10.9. The van der Waals surface area contributed by atoms with Crippen molar-refractivity contribution in [3.8, 4) is 0 Å². The molecule has 1 aromatic carbocycles. The van der Waals surface area contributed by atoms with Crippen molar-refractivity contribution in [2.45, 2.75) is 25.9 Å². The zero-order chi connectivity index (χ0) is 10.6. The van der Waals surface area contributed by atoms with Crippen LogP contribution >= 0.6 is 0 Å². The number of methoxy groups -OCH3 is 1. The molecule has 0 fully saturated rings. The highest BCUT2D eigenvalue weighted by molar-refractivity contribution is 5.62. The zero-order valence-electron chi connectivity index (χ0n) is 8.91. The normalized spacial score (nSPS) is 14.8. The van der Waals surface area contributed by atoms with Gasteiger partial charge in [-0.15, -0.1) is 0 Å². The number of ether oxygens (including phenoxy) is 1. The highest BCUT2D eigenvalue weighted by Gasteiger charge is 2.22. The van der Waals surface area contributed by atoms with Gasteiger partial charge in [-0.1, -0.05) is 29.8 Å². The Morgan fingerprint density at radius 1 is 1.50 bits per heavy atom. The van der Waals surface area contributed by atoms with Crippen LogP contribution in [0.1, 0.15) is 18.1 Å². The monoisotopic (exact) mass is 192 g/mol. The fourth-order valence-corrected chi connectivity index (χ4v) is 1.39. The van der Waals surface area contributed by atoms with Crippen molar-refractivity contribution in [3.05, 3.63) is 35.4 Å². The van der Waals surface area contributed by atoms with E-state index in [0.717, 1.165) is 11.8 Å². The Balaban J connectivity index is 2.82. The van der Waals surface area contributed by atoms with E-state index in [0.29, 0.717) is 6.42 Å². The Morgan fingerprint density at radius 2 is 2.21 bits per heavy atom. The van der Waals surface area contributed by atoms with E-state index in [-0.39, 0.29) is 0 Å². The molecule has 1 rings (SSSR count). The van der Waals surface area contributed by atoms with Crippen molar-refractivity contribution in [2.75, 3.05) is 7.11 Å². The molecule has 0 saturated heterocycles. The summed E-state index contributed by atoms with van der Waals surface area (Å²) in [5, 5.41) is 0. The maximum Gasteiger partial charge on any atom is 0.151 e. The number of hydrogen-bond donors (Lipinski definition) is 0. The van der Waals surface area contributed by atoms with Gasteiger partial charge in [-0.05, 0) is 19.4 Å². The molecule has 0 aromatic heterocycles. The number of rotatable bonds is 4. The zero-order valence-corrected chi connectivity index (χ0v) is 8.91. The summed E-state index contributed by atoms with van der Waals surface area (Å²) in [6.07, 6.45) is 1.48. The smallest absolute Gasteiger partial charge is 0.151 e. The van der Waals surface area contributed by atoms with Crippen molar-refractivity contribution in [1.82, 2.24) is 0 Å². The van der Waals surface area contributed by atoms with E-state index in [4.69, 9.17) is 4.74 Å². The van der Waals surface area contributed by atoms with Crippen molar-refractivity contribution in [3.63, 3.8) is 0 Å². The van der Waals surface area contributed by atoms with Crippen LogP contribution < -0.4 is 0 Å². The molecule has 0 aliphatic rings. The molecule has 0 amide bonds. The van der Waals surface area contributed by atoms with Crippen LogP contribution in [0.2, 0.25) is 0 Å². The van der Waals surface area contributed by atoms with Gasteiger partial charge in [-0.25, -0.2) is 0 Å². The molecule has 0 bridgehead atoms. The lowest BCUT2D eigenvalue weighted by Crippen LogP contribution is -2.31. The highest BCUT2D eigenvalue weighted by atomic mass is 16.5. The minimum absolute atomic E-state index is 0.620. The Bertz CT molecular complexity index is 320. The SMILES string of the molecule is COC(C)(C=O)Cc1cccc(C)c1. The highest BCUT2D eigenvalue weighted by Crippen LogP contribution is 2.15. The summed E-state index contributed by atoms with van der Waals surface area (Å²) in [4.78, 5) is 10.8. The van der Waals surface area contributed by atoms with Gasteiger partial charge in [0, 0.05) is 13.5 Å². The number of aryl methyl sites for hydroxylation is 1. The molecule has 0 heterocycles. The van der Waals surface area contributed by atoms with Crippen LogP contribution in [0.5, 0.6) is 0 Å². The van der Waals surface area contributed by atoms with Crippen molar-refractivity contribution in [2.24, 2.45) is 0 Å². The van der Waals surface area contributed by atoms with Gasteiger partial charge in [-0.2, -0.15) is 0 Å². The molecule has 0 N–H and O–H groups in total. The standard InChI is InChI=1S/C12H16O2/c1-10-5-4-6-11(7-10)8-12(2,9-13)14-3/h4-7,9H,8H2,1-3H3. The van der Waals surface area contributed by atoms with Crippen LogP contribution in [0.15, 0.2) is 24.3 Å². The molecule has 0 radical (unpaired) electrons. The van der Waals surface area contributed by atoms with E-state index in [1.54, 1.807) is 14.0 Å². The average molecular weight is 192 g/mol. The molecular weight excluding hydrogens is 176 g/mol. The molecule has 76 valence electrons. The molecule has 1 aromatic rings. The lowest BCUT2D eigenvalue weighted by molar-refractivity contribution is -0.125. The van der Waals surface area contributed by atoms with Crippen molar-refractivity contribution in [1.29, 1.82) is 0 Å². The summed E-state index contributed by atoms with van der Waals surface area (Å²) in [5.41, 5.74) is 1.63. The number of carbonyl (C=O) groups excluding carboxylic acids is 1. The quantitative estimate of drug-likeness (QED) is 0.683. The topological polar surface area (TPSA) is 26.3 Å². The van der Waals surface area contributed by atoms with Gasteiger partial charge < -0.3 is 9.53 Å². The molecule has 2 heteroatoms. The fourth-order valence-electron chi connectivity index (χ4n) is 1.39. The third kappa shape index (κ3) is 2.67. The number of hydrogen-bond acceptors (Lipinski definition) is 2. The van der Waals surface area contributed by atoms with Crippen LogP contribution in [-0.4, -0.2) is 19.0 Å². The second-order valence-corrected chi connectivity index (χ2v) is 3.80. The average Bonchev–Trinajstić information content (AvgIpc) is 2.18. The van der Waals surface area contributed by atoms with E-state index in [1.807, 2.05) is 25.1 Å². The van der Waals surface area contributed by atoms with E-state index < -0.39 is 5.60 Å². The van der Waals surface area contributed by atoms with E-state index >= 15 is 0 Å². The largest absolute Gasteiger partial charge is 0.371 e. The van der Waals surface area contributed by atoms with E-state index in [9.17, 15) is 4.79 Å². The van der Waals surface area contributed by atoms with Crippen LogP contribution in [-0.2, 0) is 16.0 Å². The van der Waals surface area contributed by atoms with Gasteiger partial charge in [0.15, 0.2) is 6.29 Å². The van der Waals surface area contributed by atoms with E-state index in [1.165, 1.54) is 5.56 Å². The van der Waals surface area contributed by atoms with E-state index in [2.05, 4.69) is 6.07 Å². The number of carbonyl (C=O) groups is 1. The summed E-state index contributed by atoms with van der Waals surface area (Å²) in [5.74, 6) is 0. The van der Waals surface area contributed by atoms with Crippen LogP contribution in [0.3, 0.4) is 0 Å². The summed E-state index contributed by atoms with van der Waals surface area (Å²) < 4.78 is 5.16. The molecule has 0 spiro atoms. The summed E-state index contributed by atoms with van der Waals surface area (Å²) in [6, 6.07) is 8.11. The minimum Gasteiger partial charge on any atom is -0.371 e. The lowest BCUT2D eigenvalue weighted by Gasteiger charge is -2.21. The molecule has 0 aliphatic carbocycles. The first-order valence-corrected chi connectivity index (χ1v) is 4.67. The summed E-state index contributed by atoms with van der Waals surface area (Å²) in [7, 11) is 1.56. The molecule has 1 unspecified atom stereocenters. The Kier molecular flexibility index (Phi) is 3.42. The first-order valence-electron chi connectivity index (χ1n) is 4.67. The first-order chi connectivity index (χ1) is 6.59. The predicted octanol–water partition coefficient (Wildman–Crippen LogP) is 2.14. The minimum atomic E-state index is -0.701. The third-order valence-electron chi connectivity index (χ3n) is 2.35. The van der Waals surface area contributed by atoms with Gasteiger partial charge in [-0.3, -0.25) is 0 Å². The Hall–Kier alpha value is -1.15. The van der Waals surface area contributed by atoms with Gasteiger partial charge in [0.25, 0.3) is 0 Å². The third-order valence-corrected chi connectivity index (χ3v) is 2.35. The van der Waals surface area contributed by atoms with Crippen LogP contribution in [0, 0.1) is 6.92 Å². The second-order valence-electron chi connectivity index (χ2n) is 3.80. The van der Waals surface area contributed by atoms with Crippen LogP contribution in [0.25, 0.3) is 0 Å². The van der Waals surface area contributed by atoms with Gasteiger partial charge >= 0.3 is 0 Å². The molecule has 1 atom stereocenters. The molecule has 0 saturated carbocycles. The molecule has 2 nitrogen and oxygen atoms in total.